The molecule has 2 nitrogen and oxygen atoms in total. The molecule has 1 fully saturated rings. The molecule has 0 spiro atoms. The van der Waals surface area contributed by atoms with Gasteiger partial charge in [0.15, 0.2) is 0 Å². The second-order valence-corrected chi connectivity index (χ2v) is 3.65. The summed E-state index contributed by atoms with van der Waals surface area (Å²) >= 11 is 0. The number of halogens is 8. The van der Waals surface area contributed by atoms with Crippen molar-refractivity contribution in [2.24, 2.45) is 0 Å². The normalized spacial score (nSPS) is 30.3. The molecule has 0 unspecified atom stereocenters. The zero-order valence-electron chi connectivity index (χ0n) is 9.33. The molecule has 1 aliphatic heterocycles. The summed E-state index contributed by atoms with van der Waals surface area (Å²) in [5.41, 5.74) is 0. The Balaban J connectivity index is 3.47. The van der Waals surface area contributed by atoms with E-state index in [0.717, 1.165) is 0 Å². The number of piperazine rings is 1. The molecule has 0 aliphatic carbocycles. The van der Waals surface area contributed by atoms with Gasteiger partial charge in [0, 0.05) is 13.1 Å². The molecular weight excluding hydrogens is 276 g/mol. The molecule has 0 N–H and O–H groups in total. The van der Waals surface area contributed by atoms with Gasteiger partial charge in [-0.3, -0.25) is 0 Å². The van der Waals surface area contributed by atoms with Gasteiger partial charge < -0.3 is 0 Å². The van der Waals surface area contributed by atoms with Crippen LogP contribution in [0.15, 0.2) is 0 Å². The second kappa shape index (κ2) is 3.92. The Hall–Kier alpha value is -0.640. The van der Waals surface area contributed by atoms with Crippen molar-refractivity contribution in [3.63, 3.8) is 0 Å². The monoisotopic (exact) mass is 286 g/mol. The summed E-state index contributed by atoms with van der Waals surface area (Å²) in [4.78, 5) is -2.96. The number of hydrogen-bond donors (Lipinski definition) is 0. The van der Waals surface area contributed by atoms with Crippen molar-refractivity contribution in [1.82, 2.24) is 9.80 Å². The van der Waals surface area contributed by atoms with E-state index < -0.39 is 47.1 Å². The number of likely N-dealkylation sites (N-methyl/N-ethyl adjacent to an activating group) is 2. The summed E-state index contributed by atoms with van der Waals surface area (Å²) in [5.74, 6) is 0. The summed E-state index contributed by atoms with van der Waals surface area (Å²) in [6.07, 6.45) is 0. The molecular formula is C8H10F8N2. The third kappa shape index (κ3) is 1.54. The van der Waals surface area contributed by atoms with Gasteiger partial charge in [-0.2, -0.15) is 44.9 Å². The van der Waals surface area contributed by atoms with Crippen LogP contribution in [0, 0.1) is 0 Å². The third-order valence-electron chi connectivity index (χ3n) is 2.71. The molecule has 0 saturated carbocycles. The van der Waals surface area contributed by atoms with Gasteiger partial charge in [-0.05, 0) is 0 Å². The SMILES string of the molecule is CCN1C(F)(F)C(F)(F)N(CC)C(F)(F)C1(F)F. The molecule has 0 radical (unpaired) electrons. The van der Waals surface area contributed by atoms with E-state index in [1.165, 1.54) is 0 Å². The fraction of sp³-hybridized carbons (Fsp3) is 1.00. The minimum atomic E-state index is -5.40. The van der Waals surface area contributed by atoms with Crippen molar-refractivity contribution in [3.8, 4) is 0 Å². The van der Waals surface area contributed by atoms with Crippen LogP contribution in [-0.4, -0.2) is 47.1 Å². The molecule has 0 aromatic rings. The lowest BCUT2D eigenvalue weighted by Crippen LogP contribution is -2.80. The van der Waals surface area contributed by atoms with Crippen LogP contribution < -0.4 is 0 Å². The summed E-state index contributed by atoms with van der Waals surface area (Å²) in [5, 5.41) is 0. The van der Waals surface area contributed by atoms with Crippen molar-refractivity contribution in [2.45, 2.75) is 38.0 Å². The summed E-state index contributed by atoms with van der Waals surface area (Å²) in [7, 11) is 0. The Bertz CT molecular complexity index is 269. The number of rotatable bonds is 2. The van der Waals surface area contributed by atoms with Gasteiger partial charge in [0.1, 0.15) is 0 Å². The first kappa shape index (κ1) is 15.4. The van der Waals surface area contributed by atoms with E-state index in [4.69, 9.17) is 0 Å². The maximum atomic E-state index is 13.2. The van der Waals surface area contributed by atoms with Gasteiger partial charge in [0.05, 0.1) is 0 Å². The molecule has 0 aromatic carbocycles. The zero-order chi connectivity index (χ0) is 14.6. The van der Waals surface area contributed by atoms with Crippen molar-refractivity contribution >= 4 is 0 Å². The van der Waals surface area contributed by atoms with Gasteiger partial charge in [0.2, 0.25) is 0 Å². The van der Waals surface area contributed by atoms with Crippen molar-refractivity contribution in [1.29, 1.82) is 0 Å². The topological polar surface area (TPSA) is 6.48 Å². The lowest BCUT2D eigenvalue weighted by atomic mass is 10.1. The van der Waals surface area contributed by atoms with E-state index in [1.807, 2.05) is 0 Å². The average molecular weight is 286 g/mol. The molecule has 1 heterocycles. The van der Waals surface area contributed by atoms with Gasteiger partial charge in [-0.15, -0.1) is 0 Å². The number of alkyl halides is 8. The second-order valence-electron chi connectivity index (χ2n) is 3.65. The lowest BCUT2D eigenvalue weighted by Gasteiger charge is -2.52. The third-order valence-corrected chi connectivity index (χ3v) is 2.71. The first-order valence-corrected chi connectivity index (χ1v) is 4.95. The van der Waals surface area contributed by atoms with Gasteiger partial charge in [-0.1, -0.05) is 13.8 Å². The van der Waals surface area contributed by atoms with Crippen LogP contribution in [0.3, 0.4) is 0 Å². The minimum Gasteiger partial charge on any atom is -0.179 e. The Morgan fingerprint density at radius 2 is 0.722 bits per heavy atom. The average Bonchev–Trinajstić information content (AvgIpc) is 2.15. The molecule has 0 aromatic heterocycles. The fourth-order valence-corrected chi connectivity index (χ4v) is 1.80. The van der Waals surface area contributed by atoms with E-state index in [9.17, 15) is 35.1 Å². The van der Waals surface area contributed by atoms with E-state index in [-0.39, 0.29) is 0 Å². The van der Waals surface area contributed by atoms with Crippen LogP contribution in [0.1, 0.15) is 13.8 Å². The largest absolute Gasteiger partial charge is 0.387 e. The minimum absolute atomic E-state index is 0.662. The summed E-state index contributed by atoms with van der Waals surface area (Å²) in [6, 6.07) is -21.6. The number of hydrogen-bond acceptors (Lipinski definition) is 2. The molecule has 0 amide bonds. The predicted molar refractivity (Wildman–Crippen MR) is 44.5 cm³/mol. The highest BCUT2D eigenvalue weighted by Gasteiger charge is 2.83. The quantitative estimate of drug-likeness (QED) is 0.569. The molecule has 1 saturated heterocycles. The van der Waals surface area contributed by atoms with Crippen LogP contribution in [-0.2, 0) is 0 Å². The Morgan fingerprint density at radius 1 is 0.556 bits per heavy atom. The van der Waals surface area contributed by atoms with Crippen LogP contribution in [0.5, 0.6) is 0 Å². The van der Waals surface area contributed by atoms with Crippen LogP contribution in [0.2, 0.25) is 0 Å². The maximum Gasteiger partial charge on any atom is 0.387 e. The highest BCUT2D eigenvalue weighted by atomic mass is 19.3. The van der Waals surface area contributed by atoms with Crippen LogP contribution >= 0.6 is 0 Å². The molecule has 0 bridgehead atoms. The van der Waals surface area contributed by atoms with Gasteiger partial charge in [0.25, 0.3) is 0 Å². The van der Waals surface area contributed by atoms with Crippen molar-refractivity contribution < 1.29 is 35.1 Å². The van der Waals surface area contributed by atoms with Gasteiger partial charge >= 0.3 is 24.2 Å². The number of nitrogens with zero attached hydrogens (tertiary/aromatic N) is 2. The molecule has 108 valence electrons. The Kier molecular flexibility index (Phi) is 3.36. The maximum absolute atomic E-state index is 13.2. The van der Waals surface area contributed by atoms with Crippen molar-refractivity contribution in [3.05, 3.63) is 0 Å². The molecule has 18 heavy (non-hydrogen) atoms. The summed E-state index contributed by atoms with van der Waals surface area (Å²) in [6.45, 7) is -1.39. The first-order valence-electron chi connectivity index (χ1n) is 4.95. The van der Waals surface area contributed by atoms with E-state index >= 15 is 0 Å². The highest BCUT2D eigenvalue weighted by Crippen LogP contribution is 2.56. The smallest absolute Gasteiger partial charge is 0.179 e. The summed E-state index contributed by atoms with van der Waals surface area (Å²) < 4.78 is 106. The van der Waals surface area contributed by atoms with E-state index in [1.54, 1.807) is 0 Å². The first-order chi connectivity index (χ1) is 7.89. The van der Waals surface area contributed by atoms with Crippen LogP contribution in [0.25, 0.3) is 0 Å². The van der Waals surface area contributed by atoms with E-state index in [2.05, 4.69) is 0 Å². The van der Waals surface area contributed by atoms with Crippen molar-refractivity contribution in [2.75, 3.05) is 13.1 Å². The Labute approximate surface area is 97.1 Å². The fourth-order valence-electron chi connectivity index (χ4n) is 1.80. The highest BCUT2D eigenvalue weighted by molar-refractivity contribution is 5.01. The molecule has 0 atom stereocenters. The Morgan fingerprint density at radius 3 is 0.833 bits per heavy atom. The molecule has 10 heteroatoms. The zero-order valence-corrected chi connectivity index (χ0v) is 9.33. The standard InChI is InChI=1S/C8H10F8N2/c1-3-17-5(9,10)7(13,14)18(4-2)8(15,16)6(17,11)12/h3-4H2,1-2H3. The van der Waals surface area contributed by atoms with E-state index in [0.29, 0.717) is 13.8 Å². The predicted octanol–water partition coefficient (Wildman–Crippen LogP) is 3.02. The van der Waals surface area contributed by atoms with Crippen LogP contribution in [0.4, 0.5) is 35.1 Å². The molecule has 1 rings (SSSR count). The molecule has 1 aliphatic rings. The van der Waals surface area contributed by atoms with Gasteiger partial charge in [-0.25, -0.2) is 0 Å². The lowest BCUT2D eigenvalue weighted by molar-refractivity contribution is -0.505.